The van der Waals surface area contributed by atoms with Crippen molar-refractivity contribution in [1.29, 1.82) is 0 Å². The van der Waals surface area contributed by atoms with E-state index in [4.69, 9.17) is 19.0 Å². The SMILES string of the molecule is CON=C(C(=O)N[C@@H](Cc1ccc(-c2c(OC)cccc2OC)cc1)C(=O)OC)C1CCCCC1. The summed E-state index contributed by atoms with van der Waals surface area (Å²) in [5.74, 6) is 0.504. The molecule has 1 amide bonds. The van der Waals surface area contributed by atoms with Crippen molar-refractivity contribution in [2.75, 3.05) is 28.4 Å². The molecule has 0 bridgehead atoms. The van der Waals surface area contributed by atoms with Crippen molar-refractivity contribution in [3.8, 4) is 22.6 Å². The van der Waals surface area contributed by atoms with Crippen LogP contribution in [0.25, 0.3) is 11.1 Å². The number of carbonyl (C=O) groups excluding carboxylic acids is 2. The third-order valence-corrected chi connectivity index (χ3v) is 6.32. The number of carbonyl (C=O) groups is 2. The van der Waals surface area contributed by atoms with Crippen molar-refractivity contribution < 1.29 is 28.6 Å². The molecule has 1 N–H and O–H groups in total. The van der Waals surface area contributed by atoms with Crippen LogP contribution in [0.2, 0.25) is 0 Å². The Labute approximate surface area is 206 Å². The Morgan fingerprint density at radius 3 is 2.11 bits per heavy atom. The number of benzene rings is 2. The van der Waals surface area contributed by atoms with Crippen LogP contribution >= 0.6 is 0 Å². The van der Waals surface area contributed by atoms with Gasteiger partial charge in [-0.05, 0) is 36.1 Å². The Balaban J connectivity index is 1.79. The Kier molecular flexibility index (Phi) is 9.52. The highest BCUT2D eigenvalue weighted by atomic mass is 16.6. The molecule has 188 valence electrons. The number of rotatable bonds is 10. The molecule has 8 nitrogen and oxygen atoms in total. The molecule has 1 saturated carbocycles. The molecule has 1 atom stereocenters. The van der Waals surface area contributed by atoms with Crippen LogP contribution in [0.1, 0.15) is 37.7 Å². The van der Waals surface area contributed by atoms with E-state index < -0.39 is 17.9 Å². The topological polar surface area (TPSA) is 95.5 Å². The largest absolute Gasteiger partial charge is 0.496 e. The van der Waals surface area contributed by atoms with Crippen molar-refractivity contribution in [2.45, 2.75) is 44.6 Å². The number of methoxy groups -OCH3 is 3. The molecule has 1 fully saturated rings. The lowest BCUT2D eigenvalue weighted by Gasteiger charge is -2.24. The maximum absolute atomic E-state index is 13.1. The van der Waals surface area contributed by atoms with Gasteiger partial charge in [-0.3, -0.25) is 4.79 Å². The van der Waals surface area contributed by atoms with Crippen LogP contribution < -0.4 is 14.8 Å². The van der Waals surface area contributed by atoms with Gasteiger partial charge in [0.25, 0.3) is 5.91 Å². The molecule has 0 unspecified atom stereocenters. The molecule has 2 aromatic rings. The minimum absolute atomic E-state index is 0.0251. The standard InChI is InChI=1S/C27H34N2O6/c1-32-22-11-8-12-23(33-2)24(22)19-15-13-18(14-16-19)17-21(27(31)34-3)28-26(30)25(29-35-4)20-9-6-5-7-10-20/h8,11-16,20-21H,5-7,9-10,17H2,1-4H3,(H,28,30)/t21-/m0/s1. The van der Waals surface area contributed by atoms with Gasteiger partial charge in [0.15, 0.2) is 0 Å². The van der Waals surface area contributed by atoms with Crippen molar-refractivity contribution in [3.63, 3.8) is 0 Å². The molecule has 0 spiro atoms. The molecule has 1 aliphatic carbocycles. The van der Waals surface area contributed by atoms with Crippen LogP contribution in [0.15, 0.2) is 47.6 Å². The van der Waals surface area contributed by atoms with E-state index in [-0.39, 0.29) is 12.3 Å². The predicted octanol–water partition coefficient (Wildman–Crippen LogP) is 4.15. The molecule has 0 saturated heterocycles. The second-order valence-corrected chi connectivity index (χ2v) is 8.48. The average Bonchev–Trinajstić information content (AvgIpc) is 2.91. The van der Waals surface area contributed by atoms with Crippen molar-refractivity contribution in [1.82, 2.24) is 5.32 Å². The Morgan fingerprint density at radius 2 is 1.57 bits per heavy atom. The molecule has 0 heterocycles. The second-order valence-electron chi connectivity index (χ2n) is 8.48. The zero-order chi connectivity index (χ0) is 25.2. The number of nitrogens with zero attached hydrogens (tertiary/aromatic N) is 1. The summed E-state index contributed by atoms with van der Waals surface area (Å²) in [5, 5.41) is 6.82. The Bertz CT molecular complexity index is 1010. The minimum Gasteiger partial charge on any atom is -0.496 e. The van der Waals surface area contributed by atoms with Crippen molar-refractivity contribution in [3.05, 3.63) is 48.0 Å². The Morgan fingerprint density at radius 1 is 0.943 bits per heavy atom. The quantitative estimate of drug-likeness (QED) is 0.311. The summed E-state index contributed by atoms with van der Waals surface area (Å²) in [7, 11) is 5.96. The highest BCUT2D eigenvalue weighted by molar-refractivity contribution is 6.39. The number of hydrogen-bond donors (Lipinski definition) is 1. The summed E-state index contributed by atoms with van der Waals surface area (Å²) >= 11 is 0. The summed E-state index contributed by atoms with van der Waals surface area (Å²) in [5.41, 5.74) is 2.95. The summed E-state index contributed by atoms with van der Waals surface area (Å²) in [6, 6.07) is 12.5. The van der Waals surface area contributed by atoms with Gasteiger partial charge in [0.1, 0.15) is 30.4 Å². The zero-order valence-electron chi connectivity index (χ0n) is 20.8. The van der Waals surface area contributed by atoms with E-state index in [2.05, 4.69) is 10.5 Å². The van der Waals surface area contributed by atoms with E-state index in [0.717, 1.165) is 48.8 Å². The Hall–Kier alpha value is -3.55. The fourth-order valence-corrected chi connectivity index (χ4v) is 4.52. The molecule has 8 heteroatoms. The van der Waals surface area contributed by atoms with Gasteiger partial charge in [-0.25, -0.2) is 4.79 Å². The van der Waals surface area contributed by atoms with Crippen molar-refractivity contribution in [2.24, 2.45) is 11.1 Å². The monoisotopic (exact) mass is 482 g/mol. The smallest absolute Gasteiger partial charge is 0.328 e. The number of hydrogen-bond acceptors (Lipinski definition) is 7. The van der Waals surface area contributed by atoms with Crippen LogP contribution in [0.4, 0.5) is 0 Å². The van der Waals surface area contributed by atoms with Gasteiger partial charge < -0.3 is 24.4 Å². The predicted molar refractivity (Wildman–Crippen MR) is 134 cm³/mol. The van der Waals surface area contributed by atoms with E-state index in [1.807, 2.05) is 42.5 Å². The first kappa shape index (κ1) is 26.1. The molecular weight excluding hydrogens is 448 g/mol. The first-order valence-corrected chi connectivity index (χ1v) is 11.8. The van der Waals surface area contributed by atoms with Crippen LogP contribution in [-0.4, -0.2) is 52.1 Å². The second kappa shape index (κ2) is 12.8. The fraction of sp³-hybridized carbons (Fsp3) is 0.444. The van der Waals surface area contributed by atoms with Gasteiger partial charge in [0.05, 0.1) is 26.9 Å². The maximum atomic E-state index is 13.1. The molecule has 3 rings (SSSR count). The number of amides is 1. The van der Waals surface area contributed by atoms with Gasteiger partial charge in [0, 0.05) is 12.3 Å². The van der Waals surface area contributed by atoms with Gasteiger partial charge in [-0.1, -0.05) is 54.8 Å². The highest BCUT2D eigenvalue weighted by Crippen LogP contribution is 2.38. The van der Waals surface area contributed by atoms with Crippen molar-refractivity contribution >= 4 is 17.6 Å². The third-order valence-electron chi connectivity index (χ3n) is 6.32. The first-order chi connectivity index (χ1) is 17.0. The average molecular weight is 483 g/mol. The first-order valence-electron chi connectivity index (χ1n) is 11.8. The van der Waals surface area contributed by atoms with E-state index in [1.54, 1.807) is 14.2 Å². The summed E-state index contributed by atoms with van der Waals surface area (Å²) < 4.78 is 16.0. The minimum atomic E-state index is -0.857. The molecule has 0 radical (unpaired) electrons. The molecular formula is C27H34N2O6. The zero-order valence-corrected chi connectivity index (χ0v) is 20.8. The lowest BCUT2D eigenvalue weighted by Crippen LogP contribution is -2.47. The number of nitrogens with one attached hydrogen (secondary N) is 1. The summed E-state index contributed by atoms with van der Waals surface area (Å²) in [6.07, 6.45) is 5.28. The van der Waals surface area contributed by atoms with Crippen LogP contribution in [0.5, 0.6) is 11.5 Å². The van der Waals surface area contributed by atoms with Crippen LogP contribution in [0, 0.1) is 5.92 Å². The van der Waals surface area contributed by atoms with E-state index in [9.17, 15) is 9.59 Å². The number of ether oxygens (including phenoxy) is 3. The third kappa shape index (κ3) is 6.53. The molecule has 2 aromatic carbocycles. The van der Waals surface area contributed by atoms with Crippen LogP contribution in [-0.2, 0) is 25.6 Å². The number of oxime groups is 1. The van der Waals surface area contributed by atoms with Gasteiger partial charge in [-0.2, -0.15) is 0 Å². The normalized spacial score (nSPS) is 15.1. The molecule has 0 aromatic heterocycles. The van der Waals surface area contributed by atoms with Crippen LogP contribution in [0.3, 0.4) is 0 Å². The van der Waals surface area contributed by atoms with E-state index in [0.29, 0.717) is 17.2 Å². The maximum Gasteiger partial charge on any atom is 0.328 e. The fourth-order valence-electron chi connectivity index (χ4n) is 4.52. The highest BCUT2D eigenvalue weighted by Gasteiger charge is 2.30. The lowest BCUT2D eigenvalue weighted by molar-refractivity contribution is -0.144. The molecule has 0 aliphatic heterocycles. The summed E-state index contributed by atoms with van der Waals surface area (Å²) in [6.45, 7) is 0. The van der Waals surface area contributed by atoms with E-state index >= 15 is 0 Å². The van der Waals surface area contributed by atoms with Gasteiger partial charge in [-0.15, -0.1) is 0 Å². The molecule has 35 heavy (non-hydrogen) atoms. The summed E-state index contributed by atoms with van der Waals surface area (Å²) in [4.78, 5) is 30.5. The number of esters is 1. The molecule has 1 aliphatic rings. The lowest BCUT2D eigenvalue weighted by atomic mass is 9.85. The van der Waals surface area contributed by atoms with E-state index in [1.165, 1.54) is 14.2 Å². The van der Waals surface area contributed by atoms with Gasteiger partial charge in [0.2, 0.25) is 0 Å². The van der Waals surface area contributed by atoms with Gasteiger partial charge >= 0.3 is 5.97 Å².